The molecule has 0 radical (unpaired) electrons. The average molecular weight is 494 g/mol. The number of aromatic nitrogens is 2. The molecule has 3 aromatic rings. The lowest BCUT2D eigenvalue weighted by atomic mass is 10.1. The maximum absolute atomic E-state index is 12.7. The van der Waals surface area contributed by atoms with Gasteiger partial charge in [0.2, 0.25) is 17.7 Å². The Balaban J connectivity index is 1.22. The number of piperazine rings is 1. The van der Waals surface area contributed by atoms with Crippen LogP contribution in [0.3, 0.4) is 0 Å². The second-order valence-corrected chi connectivity index (χ2v) is 9.86. The molecule has 1 N–H and O–H groups in total. The molecular weight excluding hydrogens is 462 g/mol. The first kappa shape index (κ1) is 24.9. The topological polar surface area (TPSA) is 91.6 Å². The third-order valence-corrected chi connectivity index (χ3v) is 7.12. The standard InChI is InChI=1S/C26H31N5O3S/c1-17-8-9-21(14-20(17)4)25-28-29-26(34-25)35-16-23(33)31-12-10-30(11-13-31)15-22(32)27-24-18(2)6-5-7-19(24)3/h5-9,14H,10-13,15-16H2,1-4H3,(H,27,32). The van der Waals surface area contributed by atoms with Crippen molar-refractivity contribution in [1.82, 2.24) is 20.0 Å². The molecule has 1 aliphatic rings. The Labute approximate surface area is 210 Å². The van der Waals surface area contributed by atoms with Gasteiger partial charge in [-0.1, -0.05) is 36.0 Å². The minimum atomic E-state index is -0.0336. The fourth-order valence-corrected chi connectivity index (χ4v) is 4.69. The number of benzene rings is 2. The summed E-state index contributed by atoms with van der Waals surface area (Å²) in [7, 11) is 0. The number of aryl methyl sites for hydroxylation is 4. The summed E-state index contributed by atoms with van der Waals surface area (Å²) in [5, 5.41) is 11.6. The Morgan fingerprint density at radius 1 is 0.943 bits per heavy atom. The highest BCUT2D eigenvalue weighted by Gasteiger charge is 2.23. The molecule has 9 heteroatoms. The summed E-state index contributed by atoms with van der Waals surface area (Å²) in [5.74, 6) is 0.687. The third-order valence-electron chi connectivity index (χ3n) is 6.32. The Bertz CT molecular complexity index is 1200. The zero-order valence-corrected chi connectivity index (χ0v) is 21.4. The van der Waals surface area contributed by atoms with Gasteiger partial charge in [-0.2, -0.15) is 0 Å². The Hall–Kier alpha value is -3.17. The molecule has 0 saturated carbocycles. The molecule has 2 heterocycles. The van der Waals surface area contributed by atoms with E-state index in [0.29, 0.717) is 43.8 Å². The molecule has 2 aromatic carbocycles. The summed E-state index contributed by atoms with van der Waals surface area (Å²) < 4.78 is 5.75. The minimum Gasteiger partial charge on any atom is -0.411 e. The number of hydrogen-bond acceptors (Lipinski definition) is 7. The highest BCUT2D eigenvalue weighted by Crippen LogP contribution is 2.25. The Morgan fingerprint density at radius 3 is 2.34 bits per heavy atom. The molecular formula is C26H31N5O3S. The van der Waals surface area contributed by atoms with E-state index < -0.39 is 0 Å². The number of carbonyl (C=O) groups is 2. The smallest absolute Gasteiger partial charge is 0.277 e. The molecule has 1 aromatic heterocycles. The second kappa shape index (κ2) is 11.0. The zero-order chi connectivity index (χ0) is 24.9. The van der Waals surface area contributed by atoms with Crippen LogP contribution in [0, 0.1) is 27.7 Å². The minimum absolute atomic E-state index is 0.0283. The van der Waals surface area contributed by atoms with Gasteiger partial charge in [0.05, 0.1) is 12.3 Å². The molecule has 0 spiro atoms. The van der Waals surface area contributed by atoms with E-state index in [1.807, 2.05) is 62.1 Å². The summed E-state index contributed by atoms with van der Waals surface area (Å²) in [6, 6.07) is 12.0. The lowest BCUT2D eigenvalue weighted by Gasteiger charge is -2.34. The molecule has 2 amide bonds. The van der Waals surface area contributed by atoms with Crippen LogP contribution in [0.1, 0.15) is 22.3 Å². The molecule has 1 aliphatic heterocycles. The van der Waals surface area contributed by atoms with Gasteiger partial charge in [0.1, 0.15) is 0 Å². The van der Waals surface area contributed by atoms with Gasteiger partial charge >= 0.3 is 0 Å². The van der Waals surface area contributed by atoms with Gasteiger partial charge in [-0.15, -0.1) is 10.2 Å². The van der Waals surface area contributed by atoms with E-state index in [1.165, 1.54) is 17.3 Å². The number of hydrogen-bond donors (Lipinski definition) is 1. The van der Waals surface area contributed by atoms with Crippen molar-refractivity contribution >= 4 is 29.3 Å². The predicted octanol–water partition coefficient (Wildman–Crippen LogP) is 3.85. The van der Waals surface area contributed by atoms with Gasteiger partial charge in [0.25, 0.3) is 5.22 Å². The fourth-order valence-electron chi connectivity index (χ4n) is 4.02. The van der Waals surface area contributed by atoms with E-state index in [1.54, 1.807) is 0 Å². The van der Waals surface area contributed by atoms with E-state index in [0.717, 1.165) is 27.9 Å². The number of anilines is 1. The van der Waals surface area contributed by atoms with E-state index >= 15 is 0 Å². The van der Waals surface area contributed by atoms with Crippen molar-refractivity contribution in [2.75, 3.05) is 43.8 Å². The van der Waals surface area contributed by atoms with Crippen molar-refractivity contribution in [2.45, 2.75) is 32.9 Å². The summed E-state index contributed by atoms with van der Waals surface area (Å²) in [6.45, 7) is 10.9. The highest BCUT2D eigenvalue weighted by molar-refractivity contribution is 7.99. The van der Waals surface area contributed by atoms with Crippen molar-refractivity contribution in [1.29, 1.82) is 0 Å². The van der Waals surface area contributed by atoms with Crippen LogP contribution in [0.25, 0.3) is 11.5 Å². The Morgan fingerprint density at radius 2 is 1.66 bits per heavy atom. The molecule has 0 bridgehead atoms. The molecule has 8 nitrogen and oxygen atoms in total. The molecule has 0 aliphatic carbocycles. The summed E-state index contributed by atoms with van der Waals surface area (Å²) in [6.07, 6.45) is 0. The van der Waals surface area contributed by atoms with Crippen LogP contribution in [0.4, 0.5) is 5.69 Å². The van der Waals surface area contributed by atoms with Gasteiger partial charge < -0.3 is 14.6 Å². The van der Waals surface area contributed by atoms with Crippen molar-refractivity contribution < 1.29 is 14.0 Å². The summed E-state index contributed by atoms with van der Waals surface area (Å²) >= 11 is 1.25. The van der Waals surface area contributed by atoms with Crippen molar-refractivity contribution in [2.24, 2.45) is 0 Å². The van der Waals surface area contributed by atoms with Gasteiger partial charge in [-0.25, -0.2) is 0 Å². The number of thioether (sulfide) groups is 1. The summed E-state index contributed by atoms with van der Waals surface area (Å²) in [5.41, 5.74) is 6.21. The van der Waals surface area contributed by atoms with E-state index in [2.05, 4.69) is 27.3 Å². The van der Waals surface area contributed by atoms with Crippen LogP contribution in [0.2, 0.25) is 0 Å². The van der Waals surface area contributed by atoms with Crippen LogP contribution >= 0.6 is 11.8 Å². The fraction of sp³-hybridized carbons (Fsp3) is 0.385. The van der Waals surface area contributed by atoms with Crippen LogP contribution < -0.4 is 5.32 Å². The van der Waals surface area contributed by atoms with Crippen molar-refractivity contribution in [3.8, 4) is 11.5 Å². The first-order valence-corrected chi connectivity index (χ1v) is 12.7. The largest absolute Gasteiger partial charge is 0.411 e. The van der Waals surface area contributed by atoms with Gasteiger partial charge in [-0.3, -0.25) is 14.5 Å². The molecule has 1 fully saturated rings. The SMILES string of the molecule is Cc1ccc(-c2nnc(SCC(=O)N3CCN(CC(=O)Nc4c(C)cccc4C)CC3)o2)cc1C. The Kier molecular flexibility index (Phi) is 7.87. The van der Waals surface area contributed by atoms with Crippen LogP contribution in [-0.4, -0.2) is 70.3 Å². The van der Waals surface area contributed by atoms with Crippen molar-refractivity contribution in [3.63, 3.8) is 0 Å². The molecule has 4 rings (SSSR count). The molecule has 184 valence electrons. The molecule has 0 atom stereocenters. The van der Waals surface area contributed by atoms with Crippen LogP contribution in [0.15, 0.2) is 46.0 Å². The quantitative estimate of drug-likeness (QED) is 0.500. The second-order valence-electron chi connectivity index (χ2n) is 8.93. The van der Waals surface area contributed by atoms with E-state index in [-0.39, 0.29) is 17.6 Å². The number of amides is 2. The summed E-state index contributed by atoms with van der Waals surface area (Å²) in [4.78, 5) is 29.1. The van der Waals surface area contributed by atoms with Gasteiger partial charge in [-0.05, 0) is 62.1 Å². The van der Waals surface area contributed by atoms with Gasteiger partial charge in [0.15, 0.2) is 0 Å². The normalized spacial score (nSPS) is 14.2. The van der Waals surface area contributed by atoms with Crippen LogP contribution in [-0.2, 0) is 9.59 Å². The number of nitrogens with zero attached hydrogens (tertiary/aromatic N) is 4. The monoisotopic (exact) mass is 493 g/mol. The lowest BCUT2D eigenvalue weighted by molar-refractivity contribution is -0.130. The molecule has 0 unspecified atom stereocenters. The average Bonchev–Trinajstić information content (AvgIpc) is 3.31. The van der Waals surface area contributed by atoms with Crippen molar-refractivity contribution in [3.05, 3.63) is 58.7 Å². The number of carbonyl (C=O) groups excluding carboxylic acids is 2. The zero-order valence-electron chi connectivity index (χ0n) is 20.6. The van der Waals surface area contributed by atoms with E-state index in [4.69, 9.17) is 4.42 Å². The number of para-hydroxylation sites is 1. The maximum Gasteiger partial charge on any atom is 0.277 e. The maximum atomic E-state index is 12.7. The number of rotatable bonds is 7. The third kappa shape index (κ3) is 6.29. The first-order valence-electron chi connectivity index (χ1n) is 11.7. The van der Waals surface area contributed by atoms with Crippen LogP contribution in [0.5, 0.6) is 0 Å². The highest BCUT2D eigenvalue weighted by atomic mass is 32.2. The first-order chi connectivity index (χ1) is 16.8. The lowest BCUT2D eigenvalue weighted by Crippen LogP contribution is -2.50. The number of nitrogens with one attached hydrogen (secondary N) is 1. The van der Waals surface area contributed by atoms with Gasteiger partial charge in [0, 0.05) is 37.4 Å². The molecule has 35 heavy (non-hydrogen) atoms. The molecule has 1 saturated heterocycles. The predicted molar refractivity (Wildman–Crippen MR) is 137 cm³/mol. The van der Waals surface area contributed by atoms with E-state index in [9.17, 15) is 9.59 Å².